The molecule has 164 valence electrons. The summed E-state index contributed by atoms with van der Waals surface area (Å²) >= 11 is 0. The molecule has 31 heavy (non-hydrogen) atoms. The van der Waals surface area contributed by atoms with Crippen LogP contribution in [0.2, 0.25) is 0 Å². The molecule has 2 unspecified atom stereocenters. The third-order valence-electron chi connectivity index (χ3n) is 6.49. The molecule has 1 saturated heterocycles. The molecule has 1 aliphatic heterocycles. The predicted molar refractivity (Wildman–Crippen MR) is 117 cm³/mol. The Morgan fingerprint density at radius 1 is 1.10 bits per heavy atom. The van der Waals surface area contributed by atoms with Crippen LogP contribution in [0, 0.1) is 16.0 Å². The lowest BCUT2D eigenvalue weighted by molar-refractivity contribution is -0.384. The molecule has 0 aromatic heterocycles. The first-order valence-electron chi connectivity index (χ1n) is 10.9. The maximum Gasteiger partial charge on any atom is 0.270 e. The van der Waals surface area contributed by atoms with Gasteiger partial charge in [0, 0.05) is 30.3 Å². The fraction of sp³-hybridized carbons (Fsp3) is 0.458. The van der Waals surface area contributed by atoms with Crippen molar-refractivity contribution in [2.75, 3.05) is 20.3 Å². The number of nitro benzene ring substituents is 1. The maximum atomic E-state index is 13.0. The van der Waals surface area contributed by atoms with E-state index in [0.29, 0.717) is 29.0 Å². The van der Waals surface area contributed by atoms with Crippen molar-refractivity contribution in [3.8, 4) is 22.6 Å². The van der Waals surface area contributed by atoms with Crippen molar-refractivity contribution >= 4 is 11.6 Å². The van der Waals surface area contributed by atoms with Gasteiger partial charge in [0.1, 0.15) is 11.5 Å². The highest BCUT2D eigenvalue weighted by Crippen LogP contribution is 2.36. The van der Waals surface area contributed by atoms with E-state index in [2.05, 4.69) is 0 Å². The Labute approximate surface area is 182 Å². The monoisotopic (exact) mass is 424 g/mol. The average molecular weight is 424 g/mol. The van der Waals surface area contributed by atoms with Gasteiger partial charge in [0.2, 0.25) is 0 Å². The predicted octanol–water partition coefficient (Wildman–Crippen LogP) is 4.83. The molecular formula is C24H28N2O5. The van der Waals surface area contributed by atoms with Gasteiger partial charge in [-0.3, -0.25) is 14.9 Å². The first-order valence-corrected chi connectivity index (χ1v) is 10.9. The second kappa shape index (κ2) is 9.37. The van der Waals surface area contributed by atoms with E-state index in [0.717, 1.165) is 24.9 Å². The van der Waals surface area contributed by atoms with Crippen LogP contribution >= 0.6 is 0 Å². The zero-order valence-corrected chi connectivity index (χ0v) is 17.8. The molecule has 2 aliphatic rings. The van der Waals surface area contributed by atoms with E-state index in [4.69, 9.17) is 9.47 Å². The van der Waals surface area contributed by atoms with Crippen molar-refractivity contribution in [3.05, 3.63) is 52.6 Å². The van der Waals surface area contributed by atoms with Crippen LogP contribution in [-0.2, 0) is 4.79 Å². The minimum Gasteiger partial charge on any atom is -0.497 e. The number of rotatable bonds is 6. The summed E-state index contributed by atoms with van der Waals surface area (Å²) < 4.78 is 11.1. The molecule has 0 bridgehead atoms. The van der Waals surface area contributed by atoms with Gasteiger partial charge in [-0.1, -0.05) is 25.0 Å². The van der Waals surface area contributed by atoms with E-state index in [9.17, 15) is 14.9 Å². The number of nitrogens with zero attached hydrogens (tertiary/aromatic N) is 2. The molecule has 1 saturated carbocycles. The number of non-ortho nitro benzene ring substituents is 1. The zero-order valence-electron chi connectivity index (χ0n) is 17.8. The van der Waals surface area contributed by atoms with Gasteiger partial charge in [0.15, 0.2) is 6.61 Å². The SMILES string of the molecule is COc1ccc(-c2cc([N+](=O)[O-])ccc2OCC(=O)N2CCCC3CCCCC32)cc1. The van der Waals surface area contributed by atoms with Crippen molar-refractivity contribution in [2.45, 2.75) is 44.6 Å². The summed E-state index contributed by atoms with van der Waals surface area (Å²) in [7, 11) is 1.58. The Bertz CT molecular complexity index is 941. The number of hydrogen-bond donors (Lipinski definition) is 0. The number of likely N-dealkylation sites (tertiary alicyclic amines) is 1. The normalized spacial score (nSPS) is 20.6. The minimum atomic E-state index is -0.432. The Kier molecular flexibility index (Phi) is 6.39. The highest BCUT2D eigenvalue weighted by molar-refractivity contribution is 5.79. The number of carbonyl (C=O) groups excluding carboxylic acids is 1. The summed E-state index contributed by atoms with van der Waals surface area (Å²) in [4.78, 5) is 25.9. The number of ether oxygens (including phenoxy) is 2. The van der Waals surface area contributed by atoms with E-state index in [1.54, 1.807) is 25.3 Å². The molecular weight excluding hydrogens is 396 g/mol. The van der Waals surface area contributed by atoms with E-state index in [1.807, 2.05) is 17.0 Å². The molecule has 2 aromatic rings. The quantitative estimate of drug-likeness (QED) is 0.490. The van der Waals surface area contributed by atoms with Gasteiger partial charge in [-0.2, -0.15) is 0 Å². The molecule has 1 aliphatic carbocycles. The van der Waals surface area contributed by atoms with Gasteiger partial charge < -0.3 is 14.4 Å². The molecule has 0 N–H and O–H groups in total. The highest BCUT2D eigenvalue weighted by Gasteiger charge is 2.35. The smallest absolute Gasteiger partial charge is 0.270 e. The highest BCUT2D eigenvalue weighted by atomic mass is 16.6. The summed E-state index contributed by atoms with van der Waals surface area (Å²) in [5.41, 5.74) is 1.32. The lowest BCUT2D eigenvalue weighted by Crippen LogP contribution is -2.51. The van der Waals surface area contributed by atoms with E-state index in [1.165, 1.54) is 37.8 Å². The van der Waals surface area contributed by atoms with E-state index >= 15 is 0 Å². The van der Waals surface area contributed by atoms with Gasteiger partial charge in [-0.25, -0.2) is 0 Å². The maximum absolute atomic E-state index is 13.0. The summed E-state index contributed by atoms with van der Waals surface area (Å²) in [5.74, 6) is 1.76. The van der Waals surface area contributed by atoms with Crippen LogP contribution in [0.3, 0.4) is 0 Å². The van der Waals surface area contributed by atoms with E-state index < -0.39 is 4.92 Å². The van der Waals surface area contributed by atoms with Crippen molar-refractivity contribution in [3.63, 3.8) is 0 Å². The molecule has 7 nitrogen and oxygen atoms in total. The Balaban J connectivity index is 1.53. The Hall–Kier alpha value is -3.09. The van der Waals surface area contributed by atoms with E-state index in [-0.39, 0.29) is 18.2 Å². The fourth-order valence-corrected chi connectivity index (χ4v) is 4.91. The number of carbonyl (C=O) groups is 1. The third-order valence-corrected chi connectivity index (χ3v) is 6.49. The van der Waals surface area contributed by atoms with Crippen molar-refractivity contribution in [2.24, 2.45) is 5.92 Å². The third kappa shape index (κ3) is 4.65. The van der Waals surface area contributed by atoms with Gasteiger partial charge in [-0.15, -0.1) is 0 Å². The van der Waals surface area contributed by atoms with Crippen LogP contribution in [0.1, 0.15) is 38.5 Å². The standard InChI is InChI=1S/C24H28N2O5/c1-30-20-11-8-17(9-12-20)21-15-19(26(28)29)10-13-23(21)31-16-24(27)25-14-4-6-18-5-2-3-7-22(18)25/h8-13,15,18,22H,2-7,14,16H2,1H3. The van der Waals surface area contributed by atoms with Gasteiger partial charge in [0.05, 0.1) is 12.0 Å². The van der Waals surface area contributed by atoms with Crippen molar-refractivity contribution in [1.29, 1.82) is 0 Å². The molecule has 2 fully saturated rings. The second-order valence-corrected chi connectivity index (χ2v) is 8.30. The Morgan fingerprint density at radius 2 is 1.84 bits per heavy atom. The van der Waals surface area contributed by atoms with Crippen LogP contribution in [0.5, 0.6) is 11.5 Å². The summed E-state index contributed by atoms with van der Waals surface area (Å²) in [6, 6.07) is 12.0. The number of amides is 1. The van der Waals surface area contributed by atoms with Gasteiger partial charge >= 0.3 is 0 Å². The van der Waals surface area contributed by atoms with Crippen LogP contribution < -0.4 is 9.47 Å². The molecule has 0 spiro atoms. The van der Waals surface area contributed by atoms with Crippen LogP contribution in [0.25, 0.3) is 11.1 Å². The Morgan fingerprint density at radius 3 is 2.58 bits per heavy atom. The lowest BCUT2D eigenvalue weighted by atomic mass is 9.78. The van der Waals surface area contributed by atoms with Crippen molar-refractivity contribution in [1.82, 2.24) is 4.90 Å². The van der Waals surface area contributed by atoms with Gasteiger partial charge in [0.25, 0.3) is 11.6 Å². The first kappa shape index (κ1) is 21.2. The number of nitro groups is 1. The molecule has 2 atom stereocenters. The number of piperidine rings is 1. The number of fused-ring (bicyclic) bond motifs is 1. The van der Waals surface area contributed by atoms with Crippen LogP contribution in [0.4, 0.5) is 5.69 Å². The second-order valence-electron chi connectivity index (χ2n) is 8.30. The molecule has 1 amide bonds. The first-order chi connectivity index (χ1) is 15.1. The number of methoxy groups -OCH3 is 1. The summed E-state index contributed by atoms with van der Waals surface area (Å²) in [6.07, 6.45) is 6.97. The van der Waals surface area contributed by atoms with Crippen molar-refractivity contribution < 1.29 is 19.2 Å². The molecule has 2 aromatic carbocycles. The number of benzene rings is 2. The molecule has 7 heteroatoms. The summed E-state index contributed by atoms with van der Waals surface area (Å²) in [5, 5.41) is 11.3. The average Bonchev–Trinajstić information content (AvgIpc) is 2.82. The fourth-order valence-electron chi connectivity index (χ4n) is 4.91. The minimum absolute atomic E-state index is 0.00404. The molecule has 4 rings (SSSR count). The lowest BCUT2D eigenvalue weighted by Gasteiger charge is -2.44. The van der Waals surface area contributed by atoms with Crippen LogP contribution in [0.15, 0.2) is 42.5 Å². The molecule has 0 radical (unpaired) electrons. The summed E-state index contributed by atoms with van der Waals surface area (Å²) in [6.45, 7) is 0.721. The molecule has 1 heterocycles. The largest absolute Gasteiger partial charge is 0.497 e. The number of hydrogen-bond acceptors (Lipinski definition) is 5. The zero-order chi connectivity index (χ0) is 21.8. The topological polar surface area (TPSA) is 81.9 Å². The van der Waals surface area contributed by atoms with Crippen LogP contribution in [-0.4, -0.2) is 42.0 Å². The van der Waals surface area contributed by atoms with Gasteiger partial charge in [-0.05, 0) is 55.4 Å².